The van der Waals surface area contributed by atoms with Crippen LogP contribution in [0.25, 0.3) is 0 Å². The smallest absolute Gasteiger partial charge is 0.112 e. The molecule has 14 heavy (non-hydrogen) atoms. The first-order valence-electron chi connectivity index (χ1n) is 5.19. The lowest BCUT2D eigenvalue weighted by Gasteiger charge is -2.07. The Kier molecular flexibility index (Phi) is 6.91. The van der Waals surface area contributed by atoms with E-state index in [2.05, 4.69) is 33.4 Å². The van der Waals surface area contributed by atoms with Gasteiger partial charge in [0, 0.05) is 0 Å². The molecule has 0 aromatic rings. The second-order valence-electron chi connectivity index (χ2n) is 3.86. The van der Waals surface area contributed by atoms with Crippen LogP contribution < -0.4 is 0 Å². The molecule has 0 aliphatic rings. The minimum Gasteiger partial charge on any atom is -0.494 e. The van der Waals surface area contributed by atoms with E-state index < -0.39 is 0 Å². The normalized spacial score (nSPS) is 12.5. The molecule has 0 saturated heterocycles. The number of rotatable bonds is 6. The van der Waals surface area contributed by atoms with Gasteiger partial charge in [0.15, 0.2) is 0 Å². The zero-order chi connectivity index (χ0) is 11.0. The number of allylic oxidation sites excluding steroid dienone is 4. The minimum atomic E-state index is 0.684. The van der Waals surface area contributed by atoms with Gasteiger partial charge in [0.05, 0.1) is 6.61 Å². The van der Waals surface area contributed by atoms with E-state index in [9.17, 15) is 0 Å². The fourth-order valence-corrected chi connectivity index (χ4v) is 0.794. The van der Waals surface area contributed by atoms with Crippen molar-refractivity contribution >= 4 is 0 Å². The Balaban J connectivity index is 3.71. The highest BCUT2D eigenvalue weighted by atomic mass is 16.5. The lowest BCUT2D eigenvalue weighted by atomic mass is 10.1. The predicted molar refractivity (Wildman–Crippen MR) is 63.1 cm³/mol. The van der Waals surface area contributed by atoms with Crippen LogP contribution in [0.1, 0.15) is 34.1 Å². The fourth-order valence-electron chi connectivity index (χ4n) is 0.794. The molecular weight excluding hydrogens is 172 g/mol. The standard InChI is InChI=1S/C13H22O/c1-6-12(4)7-8-13(5)14-10-9-11(2)3/h6-8,11H,5,9-10H2,1-4H3/b8-7-,12-6-. The van der Waals surface area contributed by atoms with Gasteiger partial charge in [0.25, 0.3) is 0 Å². The predicted octanol–water partition coefficient (Wildman–Crippen LogP) is 4.09. The number of ether oxygens (including phenoxy) is 1. The van der Waals surface area contributed by atoms with Gasteiger partial charge < -0.3 is 4.74 Å². The van der Waals surface area contributed by atoms with Crippen molar-refractivity contribution in [2.45, 2.75) is 34.1 Å². The Bertz CT molecular complexity index is 221. The molecule has 1 nitrogen and oxygen atoms in total. The van der Waals surface area contributed by atoms with E-state index in [1.54, 1.807) is 0 Å². The average molecular weight is 194 g/mol. The summed E-state index contributed by atoms with van der Waals surface area (Å²) in [6, 6.07) is 0. The molecule has 0 aromatic carbocycles. The van der Waals surface area contributed by atoms with Crippen molar-refractivity contribution < 1.29 is 4.74 Å². The topological polar surface area (TPSA) is 9.23 Å². The summed E-state index contributed by atoms with van der Waals surface area (Å²) in [6.45, 7) is 13.0. The monoisotopic (exact) mass is 194 g/mol. The Morgan fingerprint density at radius 1 is 1.36 bits per heavy atom. The molecule has 0 amide bonds. The first-order chi connectivity index (χ1) is 6.56. The van der Waals surface area contributed by atoms with E-state index in [0.717, 1.165) is 18.8 Å². The summed E-state index contributed by atoms with van der Waals surface area (Å²) in [5.74, 6) is 1.43. The zero-order valence-corrected chi connectivity index (χ0v) is 9.84. The van der Waals surface area contributed by atoms with Gasteiger partial charge in [-0.25, -0.2) is 0 Å². The molecule has 80 valence electrons. The van der Waals surface area contributed by atoms with Crippen molar-refractivity contribution in [2.24, 2.45) is 5.92 Å². The lowest BCUT2D eigenvalue weighted by molar-refractivity contribution is 0.208. The van der Waals surface area contributed by atoms with Crippen LogP contribution in [0, 0.1) is 5.92 Å². The molecule has 0 heterocycles. The molecule has 0 bridgehead atoms. The molecule has 0 N–H and O–H groups in total. The molecule has 0 rings (SSSR count). The molecule has 1 heteroatoms. The van der Waals surface area contributed by atoms with Crippen molar-refractivity contribution in [3.63, 3.8) is 0 Å². The molecule has 0 aromatic heterocycles. The average Bonchev–Trinajstić information content (AvgIpc) is 2.13. The third kappa shape index (κ3) is 7.66. The molecule has 0 saturated carbocycles. The molecule has 0 spiro atoms. The van der Waals surface area contributed by atoms with E-state index in [1.807, 2.05) is 19.1 Å². The Labute approximate surface area is 88.2 Å². The lowest BCUT2D eigenvalue weighted by Crippen LogP contribution is -1.97. The van der Waals surface area contributed by atoms with Gasteiger partial charge in [-0.15, -0.1) is 0 Å². The van der Waals surface area contributed by atoms with Gasteiger partial charge in [-0.3, -0.25) is 0 Å². The summed E-state index contributed by atoms with van der Waals surface area (Å²) in [5, 5.41) is 0. The van der Waals surface area contributed by atoms with Crippen molar-refractivity contribution in [3.8, 4) is 0 Å². The van der Waals surface area contributed by atoms with Gasteiger partial charge >= 0.3 is 0 Å². The Hall–Kier alpha value is -0.980. The first kappa shape index (κ1) is 13.0. The molecule has 0 aliphatic carbocycles. The number of hydrogen-bond acceptors (Lipinski definition) is 1. The molecule has 0 aliphatic heterocycles. The zero-order valence-electron chi connectivity index (χ0n) is 9.84. The highest BCUT2D eigenvalue weighted by Crippen LogP contribution is 2.04. The van der Waals surface area contributed by atoms with E-state index in [4.69, 9.17) is 4.74 Å². The molecule has 0 unspecified atom stereocenters. The van der Waals surface area contributed by atoms with E-state index in [0.29, 0.717) is 5.92 Å². The van der Waals surface area contributed by atoms with Gasteiger partial charge in [0.2, 0.25) is 0 Å². The van der Waals surface area contributed by atoms with Crippen molar-refractivity contribution in [2.75, 3.05) is 6.61 Å². The first-order valence-corrected chi connectivity index (χ1v) is 5.19. The van der Waals surface area contributed by atoms with Gasteiger partial charge in [-0.1, -0.05) is 38.2 Å². The summed E-state index contributed by atoms with van der Waals surface area (Å²) in [7, 11) is 0. The van der Waals surface area contributed by atoms with Crippen LogP contribution in [0.3, 0.4) is 0 Å². The second kappa shape index (κ2) is 7.43. The molecular formula is C13H22O. The van der Waals surface area contributed by atoms with Crippen LogP contribution in [0.2, 0.25) is 0 Å². The highest BCUT2D eigenvalue weighted by molar-refractivity contribution is 5.21. The number of hydrogen-bond donors (Lipinski definition) is 0. The van der Waals surface area contributed by atoms with Crippen molar-refractivity contribution in [1.29, 1.82) is 0 Å². The highest BCUT2D eigenvalue weighted by Gasteiger charge is 1.94. The van der Waals surface area contributed by atoms with Crippen LogP contribution in [-0.2, 0) is 4.74 Å². The van der Waals surface area contributed by atoms with Gasteiger partial charge in [-0.05, 0) is 32.3 Å². The maximum Gasteiger partial charge on any atom is 0.112 e. The van der Waals surface area contributed by atoms with E-state index in [1.165, 1.54) is 5.57 Å². The fraction of sp³-hybridized carbons (Fsp3) is 0.538. The summed E-state index contributed by atoms with van der Waals surface area (Å²) in [6.07, 6.45) is 7.06. The van der Waals surface area contributed by atoms with Crippen LogP contribution in [0.15, 0.2) is 36.1 Å². The second-order valence-corrected chi connectivity index (χ2v) is 3.86. The third-order valence-corrected chi connectivity index (χ3v) is 1.97. The SMILES string of the molecule is C=C(/C=C\C(C)=C/C)OCCC(C)C. The molecule has 0 fully saturated rings. The van der Waals surface area contributed by atoms with Crippen LogP contribution in [0.4, 0.5) is 0 Å². The summed E-state index contributed by atoms with van der Waals surface area (Å²) in [4.78, 5) is 0. The Morgan fingerprint density at radius 3 is 2.50 bits per heavy atom. The van der Waals surface area contributed by atoms with Gasteiger partial charge in [0.1, 0.15) is 5.76 Å². The summed E-state index contributed by atoms with van der Waals surface area (Å²) in [5.41, 5.74) is 1.22. The minimum absolute atomic E-state index is 0.684. The third-order valence-electron chi connectivity index (χ3n) is 1.97. The summed E-state index contributed by atoms with van der Waals surface area (Å²) < 4.78 is 5.44. The van der Waals surface area contributed by atoms with E-state index >= 15 is 0 Å². The largest absolute Gasteiger partial charge is 0.494 e. The van der Waals surface area contributed by atoms with E-state index in [-0.39, 0.29) is 0 Å². The Morgan fingerprint density at radius 2 is 2.00 bits per heavy atom. The quantitative estimate of drug-likeness (QED) is 0.457. The van der Waals surface area contributed by atoms with Crippen LogP contribution >= 0.6 is 0 Å². The van der Waals surface area contributed by atoms with Crippen molar-refractivity contribution in [3.05, 3.63) is 36.1 Å². The van der Waals surface area contributed by atoms with Crippen molar-refractivity contribution in [1.82, 2.24) is 0 Å². The van der Waals surface area contributed by atoms with Crippen LogP contribution in [0.5, 0.6) is 0 Å². The van der Waals surface area contributed by atoms with Crippen LogP contribution in [-0.4, -0.2) is 6.61 Å². The van der Waals surface area contributed by atoms with Gasteiger partial charge in [-0.2, -0.15) is 0 Å². The summed E-state index contributed by atoms with van der Waals surface area (Å²) >= 11 is 0. The maximum absolute atomic E-state index is 5.44. The molecule has 0 atom stereocenters. The molecule has 0 radical (unpaired) electrons. The maximum atomic E-state index is 5.44.